The van der Waals surface area contributed by atoms with Crippen molar-refractivity contribution in [3.63, 3.8) is 0 Å². The lowest BCUT2D eigenvalue weighted by Gasteiger charge is -2.33. The minimum Gasteiger partial charge on any atom is -0.506 e. The van der Waals surface area contributed by atoms with Gasteiger partial charge < -0.3 is 10.8 Å². The predicted molar refractivity (Wildman–Crippen MR) is 70.2 cm³/mol. The molecule has 1 aliphatic heterocycles. The van der Waals surface area contributed by atoms with E-state index in [1.165, 1.54) is 6.07 Å². The van der Waals surface area contributed by atoms with Crippen LogP contribution in [0.25, 0.3) is 0 Å². The molecule has 1 saturated heterocycles. The number of phenolic OH excluding ortho intramolecular Hbond substituents is 1. The highest BCUT2D eigenvalue weighted by Crippen LogP contribution is 2.22. The van der Waals surface area contributed by atoms with E-state index in [0.717, 1.165) is 5.56 Å². The van der Waals surface area contributed by atoms with E-state index in [1.54, 1.807) is 12.1 Å². The fourth-order valence-corrected chi connectivity index (χ4v) is 2.27. The third-order valence-corrected chi connectivity index (χ3v) is 3.22. The molecule has 6 nitrogen and oxygen atoms in total. The van der Waals surface area contributed by atoms with Crippen LogP contribution in [0, 0.1) is 0 Å². The molecule has 1 heterocycles. The zero-order chi connectivity index (χ0) is 14.0. The second kappa shape index (κ2) is 5.27. The number of anilines is 1. The Kier molecular flexibility index (Phi) is 3.71. The van der Waals surface area contributed by atoms with Gasteiger partial charge in [-0.1, -0.05) is 13.0 Å². The maximum atomic E-state index is 11.7. The Labute approximate surface area is 111 Å². The molecule has 0 bridgehead atoms. The fraction of sp³-hybridized carbons (Fsp3) is 0.385. The highest BCUT2D eigenvalue weighted by Gasteiger charge is 2.32. The number of nitrogens with two attached hydrogens (primary N) is 1. The van der Waals surface area contributed by atoms with E-state index < -0.39 is 0 Å². The van der Waals surface area contributed by atoms with E-state index in [-0.39, 0.29) is 30.2 Å². The first-order chi connectivity index (χ1) is 9.01. The first-order valence-electron chi connectivity index (χ1n) is 6.16. The second-order valence-electron chi connectivity index (χ2n) is 4.63. The molecular weight excluding hydrogens is 246 g/mol. The molecule has 0 aliphatic carbocycles. The number of hydrogen-bond acceptors (Lipinski definition) is 5. The molecule has 1 atom stereocenters. The summed E-state index contributed by atoms with van der Waals surface area (Å²) in [7, 11) is 0. The quantitative estimate of drug-likeness (QED) is 0.411. The number of benzene rings is 1. The highest BCUT2D eigenvalue weighted by molar-refractivity contribution is 6.01. The molecule has 1 aromatic rings. The molecule has 1 aromatic carbocycles. The van der Waals surface area contributed by atoms with Crippen molar-refractivity contribution in [2.45, 2.75) is 25.9 Å². The number of carbonyl (C=O) groups is 2. The van der Waals surface area contributed by atoms with Crippen molar-refractivity contribution in [1.82, 2.24) is 10.2 Å². The van der Waals surface area contributed by atoms with Gasteiger partial charge >= 0.3 is 0 Å². The summed E-state index contributed by atoms with van der Waals surface area (Å²) >= 11 is 0. The van der Waals surface area contributed by atoms with E-state index >= 15 is 0 Å². The van der Waals surface area contributed by atoms with Crippen molar-refractivity contribution in [3.8, 4) is 5.75 Å². The summed E-state index contributed by atoms with van der Waals surface area (Å²) in [4.78, 5) is 24.9. The van der Waals surface area contributed by atoms with Crippen LogP contribution in [-0.4, -0.2) is 34.4 Å². The minimum atomic E-state index is -0.312. The molecule has 0 saturated carbocycles. The first kappa shape index (κ1) is 13.4. The van der Waals surface area contributed by atoms with Gasteiger partial charge in [-0.15, -0.1) is 0 Å². The summed E-state index contributed by atoms with van der Waals surface area (Å²) < 4.78 is 0. The van der Waals surface area contributed by atoms with Crippen molar-refractivity contribution in [2.75, 3.05) is 12.3 Å². The zero-order valence-electron chi connectivity index (χ0n) is 10.7. The van der Waals surface area contributed by atoms with Gasteiger partial charge in [0.05, 0.1) is 18.3 Å². The molecule has 19 heavy (non-hydrogen) atoms. The molecule has 0 radical (unpaired) electrons. The number of imide groups is 1. The highest BCUT2D eigenvalue weighted by atomic mass is 16.3. The van der Waals surface area contributed by atoms with E-state index in [4.69, 9.17) is 5.73 Å². The number of nitrogen functional groups attached to an aromatic ring is 1. The molecule has 4 N–H and O–H groups in total. The number of carbonyl (C=O) groups excluding carboxylic acids is 2. The molecule has 6 heteroatoms. The maximum absolute atomic E-state index is 11.7. The van der Waals surface area contributed by atoms with Gasteiger partial charge in [-0.25, -0.2) is 0 Å². The second-order valence-corrected chi connectivity index (χ2v) is 4.63. The first-order valence-corrected chi connectivity index (χ1v) is 6.16. The van der Waals surface area contributed by atoms with Crippen LogP contribution < -0.4 is 11.1 Å². The number of aromatic hydroxyl groups is 1. The lowest BCUT2D eigenvalue weighted by molar-refractivity contribution is -0.140. The van der Waals surface area contributed by atoms with Gasteiger partial charge in [0.25, 0.3) is 0 Å². The number of nitrogens with zero attached hydrogens (tertiary/aromatic N) is 1. The Morgan fingerprint density at radius 2 is 2.21 bits per heavy atom. The van der Waals surface area contributed by atoms with Crippen LogP contribution in [0.1, 0.15) is 18.9 Å². The molecular formula is C13H17N3O3. The van der Waals surface area contributed by atoms with Gasteiger partial charge in [0.15, 0.2) is 0 Å². The van der Waals surface area contributed by atoms with E-state index in [1.807, 2.05) is 11.8 Å². The third-order valence-electron chi connectivity index (χ3n) is 3.22. The van der Waals surface area contributed by atoms with Crippen LogP contribution in [0.4, 0.5) is 5.69 Å². The van der Waals surface area contributed by atoms with E-state index in [0.29, 0.717) is 18.7 Å². The van der Waals surface area contributed by atoms with Crippen LogP contribution in [0.3, 0.4) is 0 Å². The smallest absolute Gasteiger partial charge is 0.243 e. The fourth-order valence-electron chi connectivity index (χ4n) is 2.27. The Hall–Kier alpha value is -2.08. The number of amides is 2. The molecule has 102 valence electrons. The largest absolute Gasteiger partial charge is 0.506 e. The Bertz CT molecular complexity index is 516. The molecule has 1 fully saturated rings. The van der Waals surface area contributed by atoms with Gasteiger partial charge in [-0.2, -0.15) is 0 Å². The summed E-state index contributed by atoms with van der Waals surface area (Å²) in [5.41, 5.74) is 6.78. The van der Waals surface area contributed by atoms with Gasteiger partial charge in [-0.05, 0) is 24.1 Å². The average molecular weight is 263 g/mol. The lowest BCUT2D eigenvalue weighted by Crippen LogP contribution is -2.57. The third kappa shape index (κ3) is 2.85. The number of piperazine rings is 1. The standard InChI is InChI=1S/C13H17N3O3/c1-2-10-13(19)15-12(18)7-16(10)6-8-3-4-11(17)9(14)5-8/h3-5,10,17H,2,6-7,14H2,1H3,(H,15,18,19). The van der Waals surface area contributed by atoms with Crippen LogP contribution in [0.15, 0.2) is 18.2 Å². The normalized spacial score (nSPS) is 20.4. The lowest BCUT2D eigenvalue weighted by atomic mass is 10.1. The van der Waals surface area contributed by atoms with Crippen molar-refractivity contribution >= 4 is 17.5 Å². The van der Waals surface area contributed by atoms with Crippen molar-refractivity contribution < 1.29 is 14.7 Å². The minimum absolute atomic E-state index is 0.0308. The molecule has 1 aliphatic rings. The molecule has 0 spiro atoms. The number of rotatable bonds is 3. The van der Waals surface area contributed by atoms with Gasteiger partial charge in [0, 0.05) is 6.54 Å². The zero-order valence-corrected chi connectivity index (χ0v) is 10.7. The number of phenols is 1. The topological polar surface area (TPSA) is 95.7 Å². The number of nitrogens with one attached hydrogen (secondary N) is 1. The number of hydrogen-bond donors (Lipinski definition) is 3. The molecule has 2 amide bonds. The molecule has 1 unspecified atom stereocenters. The Balaban J connectivity index is 2.17. The van der Waals surface area contributed by atoms with Gasteiger partial charge in [0.1, 0.15) is 5.75 Å². The maximum Gasteiger partial charge on any atom is 0.243 e. The van der Waals surface area contributed by atoms with Gasteiger partial charge in [-0.3, -0.25) is 19.8 Å². The van der Waals surface area contributed by atoms with Crippen molar-refractivity contribution in [3.05, 3.63) is 23.8 Å². The van der Waals surface area contributed by atoms with Crippen LogP contribution in [0.2, 0.25) is 0 Å². The summed E-state index contributed by atoms with van der Waals surface area (Å²) in [6, 6.07) is 4.58. The summed E-state index contributed by atoms with van der Waals surface area (Å²) in [6.07, 6.45) is 0.632. The predicted octanol–water partition coefficient (Wildman–Crippen LogP) is 0.211. The summed E-state index contributed by atoms with van der Waals surface area (Å²) in [6.45, 7) is 2.53. The summed E-state index contributed by atoms with van der Waals surface area (Å²) in [5, 5.41) is 11.7. The Morgan fingerprint density at radius 1 is 1.47 bits per heavy atom. The SMILES string of the molecule is CCC1C(=O)NC(=O)CN1Cc1ccc(O)c(N)c1. The molecule has 2 rings (SSSR count). The van der Waals surface area contributed by atoms with Gasteiger partial charge in [0.2, 0.25) is 11.8 Å². The summed E-state index contributed by atoms with van der Waals surface area (Å²) in [5.74, 6) is -0.518. The average Bonchev–Trinajstić information content (AvgIpc) is 2.33. The van der Waals surface area contributed by atoms with E-state index in [9.17, 15) is 14.7 Å². The Morgan fingerprint density at radius 3 is 2.84 bits per heavy atom. The van der Waals surface area contributed by atoms with E-state index in [2.05, 4.69) is 5.32 Å². The monoisotopic (exact) mass is 263 g/mol. The van der Waals surface area contributed by atoms with Crippen LogP contribution in [-0.2, 0) is 16.1 Å². The van der Waals surface area contributed by atoms with Crippen molar-refractivity contribution in [1.29, 1.82) is 0 Å². The van der Waals surface area contributed by atoms with Crippen molar-refractivity contribution in [2.24, 2.45) is 0 Å². The van der Waals surface area contributed by atoms with Crippen LogP contribution in [0.5, 0.6) is 5.75 Å². The molecule has 0 aromatic heterocycles. The van der Waals surface area contributed by atoms with Crippen LogP contribution >= 0.6 is 0 Å².